The summed E-state index contributed by atoms with van der Waals surface area (Å²) in [4.78, 5) is 4.93. The first kappa shape index (κ1) is 28.2. The molecule has 4 unspecified atom stereocenters. The van der Waals surface area contributed by atoms with Crippen LogP contribution in [-0.4, -0.2) is 12.1 Å². The highest BCUT2D eigenvalue weighted by atomic mass is 16.5. The third-order valence-electron chi connectivity index (χ3n) is 10.8. The lowest BCUT2D eigenvalue weighted by Gasteiger charge is -2.32. The van der Waals surface area contributed by atoms with Gasteiger partial charge < -0.3 is 14.5 Å². The molecule has 3 heteroatoms. The summed E-state index contributed by atoms with van der Waals surface area (Å²) < 4.78 is 6.71. The van der Waals surface area contributed by atoms with Crippen molar-refractivity contribution in [2.24, 2.45) is 0 Å². The summed E-state index contributed by atoms with van der Waals surface area (Å²) in [5.41, 5.74) is 10.9. The topological polar surface area (TPSA) is 15.7 Å². The minimum absolute atomic E-state index is 0.0216. The van der Waals surface area contributed by atoms with E-state index in [-0.39, 0.29) is 12.0 Å². The fraction of sp³-hybridized carbons (Fsp3) is 0.130. The van der Waals surface area contributed by atoms with Gasteiger partial charge in [-0.05, 0) is 101 Å². The zero-order valence-electron chi connectivity index (χ0n) is 27.2. The van der Waals surface area contributed by atoms with E-state index in [0.717, 1.165) is 35.7 Å². The van der Waals surface area contributed by atoms with E-state index in [0.29, 0.717) is 12.0 Å². The molecule has 0 N–H and O–H groups in total. The maximum Gasteiger partial charge on any atom is 0.148 e. The summed E-state index contributed by atoms with van der Waals surface area (Å²) in [6, 6.07) is 49.4. The lowest BCUT2D eigenvalue weighted by molar-refractivity contribution is 0.269. The predicted octanol–water partition coefficient (Wildman–Crippen LogP) is 11.9. The van der Waals surface area contributed by atoms with Gasteiger partial charge in [-0.2, -0.15) is 0 Å². The normalized spacial score (nSPS) is 21.2. The average molecular weight is 633 g/mol. The average Bonchev–Trinajstić information content (AvgIpc) is 3.72. The van der Waals surface area contributed by atoms with Crippen LogP contribution in [0.4, 0.5) is 28.4 Å². The van der Waals surface area contributed by atoms with E-state index in [1.807, 2.05) is 0 Å². The Hall–Kier alpha value is -5.80. The second-order valence-electron chi connectivity index (χ2n) is 13.6. The van der Waals surface area contributed by atoms with Gasteiger partial charge in [0.25, 0.3) is 0 Å². The molecule has 3 nitrogen and oxygen atoms in total. The highest BCUT2D eigenvalue weighted by Gasteiger charge is 2.39. The number of hydrogen-bond donors (Lipinski definition) is 0. The Labute approximate surface area is 287 Å². The lowest BCUT2D eigenvalue weighted by atomic mass is 9.88. The SMILES string of the molecule is C1=CC2Oc3c(cccc3N(c3ccc(-c4ccc5ccccc5c4)cc3)c3ccc(N4c5ccccc5C5C=CCCC54)cc3)C2C=C1. The monoisotopic (exact) mass is 632 g/mol. The Morgan fingerprint density at radius 1 is 0.592 bits per heavy atom. The smallest absolute Gasteiger partial charge is 0.148 e. The van der Waals surface area contributed by atoms with Crippen LogP contribution in [0.15, 0.2) is 170 Å². The van der Waals surface area contributed by atoms with Crippen LogP contribution in [0.25, 0.3) is 21.9 Å². The first-order valence-corrected chi connectivity index (χ1v) is 17.5. The molecule has 10 rings (SSSR count). The standard InChI is InChI=1S/C46H36N2O/c1-2-11-33-30-34(21-20-31(33)10-1)32-22-24-35(25-23-32)47(44-18-9-15-41-40-14-5-8-19-45(40)49-46(41)44)36-26-28-37(29-27-36)48-42-16-6-3-12-38(42)39-13-4-7-17-43(39)48/h1-6,8-16,18-30,39-40,43,45H,7,17H2. The number of rotatable bonds is 5. The highest BCUT2D eigenvalue weighted by molar-refractivity contribution is 5.88. The van der Waals surface area contributed by atoms with E-state index < -0.39 is 0 Å². The van der Waals surface area contributed by atoms with Gasteiger partial charge in [0.2, 0.25) is 0 Å². The maximum atomic E-state index is 6.71. The molecule has 49 heavy (non-hydrogen) atoms. The van der Waals surface area contributed by atoms with Crippen molar-refractivity contribution in [2.45, 2.75) is 36.8 Å². The number of anilines is 5. The maximum absolute atomic E-state index is 6.71. The van der Waals surface area contributed by atoms with Crippen LogP contribution >= 0.6 is 0 Å². The molecule has 2 aliphatic heterocycles. The summed E-state index contributed by atoms with van der Waals surface area (Å²) in [7, 11) is 0. The van der Waals surface area contributed by atoms with Crippen LogP contribution < -0.4 is 14.5 Å². The van der Waals surface area contributed by atoms with Crippen molar-refractivity contribution in [2.75, 3.05) is 9.80 Å². The van der Waals surface area contributed by atoms with Crippen LogP contribution in [0.3, 0.4) is 0 Å². The number of ether oxygens (including phenoxy) is 1. The lowest BCUT2D eigenvalue weighted by Crippen LogP contribution is -2.30. The third-order valence-corrected chi connectivity index (χ3v) is 10.8. The van der Waals surface area contributed by atoms with Gasteiger partial charge in [0.1, 0.15) is 11.9 Å². The molecule has 6 aromatic rings. The molecule has 2 aliphatic carbocycles. The fourth-order valence-electron chi connectivity index (χ4n) is 8.50. The molecule has 0 saturated carbocycles. The molecule has 0 aromatic heterocycles. The van der Waals surface area contributed by atoms with E-state index in [4.69, 9.17) is 4.74 Å². The van der Waals surface area contributed by atoms with Crippen LogP contribution in [0.2, 0.25) is 0 Å². The Morgan fingerprint density at radius 3 is 2.20 bits per heavy atom. The third kappa shape index (κ3) is 4.64. The van der Waals surface area contributed by atoms with Gasteiger partial charge >= 0.3 is 0 Å². The largest absolute Gasteiger partial charge is 0.483 e. The highest BCUT2D eigenvalue weighted by Crippen LogP contribution is 2.52. The minimum Gasteiger partial charge on any atom is -0.483 e. The van der Waals surface area contributed by atoms with Crippen molar-refractivity contribution in [3.05, 3.63) is 181 Å². The first-order chi connectivity index (χ1) is 24.3. The summed E-state index contributed by atoms with van der Waals surface area (Å²) in [6.07, 6.45) is 15.7. The molecule has 0 saturated heterocycles. The van der Waals surface area contributed by atoms with Crippen LogP contribution in [0.5, 0.6) is 5.75 Å². The molecule has 0 bridgehead atoms. The number of allylic oxidation sites excluding steroid dienone is 3. The van der Waals surface area contributed by atoms with Gasteiger partial charge in [-0.25, -0.2) is 0 Å². The van der Waals surface area contributed by atoms with Crippen molar-refractivity contribution < 1.29 is 4.74 Å². The van der Waals surface area contributed by atoms with Gasteiger partial charge in [-0.1, -0.05) is 109 Å². The van der Waals surface area contributed by atoms with E-state index in [9.17, 15) is 0 Å². The second-order valence-corrected chi connectivity index (χ2v) is 13.6. The number of fused-ring (bicyclic) bond motifs is 7. The van der Waals surface area contributed by atoms with E-state index in [1.54, 1.807) is 0 Å². The summed E-state index contributed by atoms with van der Waals surface area (Å²) in [6.45, 7) is 0. The number of benzene rings is 6. The van der Waals surface area contributed by atoms with Gasteiger partial charge in [-0.15, -0.1) is 0 Å². The van der Waals surface area contributed by atoms with Crippen molar-refractivity contribution >= 4 is 39.2 Å². The van der Waals surface area contributed by atoms with Crippen LogP contribution in [0.1, 0.15) is 35.8 Å². The summed E-state index contributed by atoms with van der Waals surface area (Å²) in [5, 5.41) is 2.51. The Balaban J connectivity index is 1.06. The summed E-state index contributed by atoms with van der Waals surface area (Å²) in [5.74, 6) is 1.63. The van der Waals surface area contributed by atoms with Crippen molar-refractivity contribution in [3.63, 3.8) is 0 Å². The number of para-hydroxylation sites is 2. The Morgan fingerprint density at radius 2 is 1.33 bits per heavy atom. The van der Waals surface area contributed by atoms with Crippen LogP contribution in [-0.2, 0) is 0 Å². The van der Waals surface area contributed by atoms with E-state index in [1.165, 1.54) is 44.4 Å². The summed E-state index contributed by atoms with van der Waals surface area (Å²) >= 11 is 0. The fourth-order valence-corrected chi connectivity index (χ4v) is 8.50. The molecular formula is C46H36N2O. The molecule has 4 atom stereocenters. The van der Waals surface area contributed by atoms with Gasteiger partial charge in [-0.3, -0.25) is 0 Å². The number of nitrogens with zero attached hydrogens (tertiary/aromatic N) is 2. The van der Waals surface area contributed by atoms with Crippen molar-refractivity contribution in [1.82, 2.24) is 0 Å². The molecule has 6 aromatic carbocycles. The zero-order valence-corrected chi connectivity index (χ0v) is 27.2. The molecular weight excluding hydrogens is 597 g/mol. The molecule has 2 heterocycles. The molecule has 0 spiro atoms. The van der Waals surface area contributed by atoms with Gasteiger partial charge in [0.05, 0.1) is 5.69 Å². The Kier molecular flexibility index (Phi) is 6.58. The molecule has 0 amide bonds. The number of hydrogen-bond acceptors (Lipinski definition) is 3. The van der Waals surface area contributed by atoms with Gasteiger partial charge in [0.15, 0.2) is 0 Å². The zero-order chi connectivity index (χ0) is 32.3. The predicted molar refractivity (Wildman–Crippen MR) is 203 cm³/mol. The molecule has 0 radical (unpaired) electrons. The Bertz CT molecular complexity index is 2300. The first-order valence-electron chi connectivity index (χ1n) is 17.5. The van der Waals surface area contributed by atoms with Gasteiger partial charge in [0, 0.05) is 46.2 Å². The van der Waals surface area contributed by atoms with E-state index >= 15 is 0 Å². The quantitative estimate of drug-likeness (QED) is 0.176. The van der Waals surface area contributed by atoms with E-state index in [2.05, 4.69) is 180 Å². The second kappa shape index (κ2) is 11.4. The van der Waals surface area contributed by atoms with Crippen molar-refractivity contribution in [3.8, 4) is 16.9 Å². The van der Waals surface area contributed by atoms with Crippen molar-refractivity contribution in [1.29, 1.82) is 0 Å². The molecule has 4 aliphatic rings. The van der Waals surface area contributed by atoms with Crippen LogP contribution in [0, 0.1) is 0 Å². The molecule has 0 fully saturated rings. The minimum atomic E-state index is 0.0216. The molecule has 236 valence electrons.